The summed E-state index contributed by atoms with van der Waals surface area (Å²) in [7, 11) is 0. The van der Waals surface area contributed by atoms with Gasteiger partial charge in [0.1, 0.15) is 55.2 Å². The number of ether oxygens (including phenoxy) is 4. The maximum Gasteiger partial charge on any atom is 0.344 e. The summed E-state index contributed by atoms with van der Waals surface area (Å²) < 4.78 is 21.4. The molecule has 220 valence electrons. The molecule has 0 spiro atoms. The van der Waals surface area contributed by atoms with Crippen LogP contribution in [0.3, 0.4) is 0 Å². The van der Waals surface area contributed by atoms with Crippen LogP contribution in [0.5, 0.6) is 11.5 Å². The second-order valence-corrected chi connectivity index (χ2v) is 9.40. The maximum absolute atomic E-state index is 12.6. The Balaban J connectivity index is 1.46. The summed E-state index contributed by atoms with van der Waals surface area (Å²) in [4.78, 5) is 36.6. The molecular formula is C27H28O14. The molecule has 0 bridgehead atoms. The van der Waals surface area contributed by atoms with Crippen molar-refractivity contribution in [1.82, 2.24) is 0 Å². The monoisotopic (exact) mass is 576 g/mol. The second kappa shape index (κ2) is 12.3. The van der Waals surface area contributed by atoms with Crippen LogP contribution in [0.2, 0.25) is 0 Å². The van der Waals surface area contributed by atoms with E-state index in [-0.39, 0.29) is 22.6 Å². The lowest BCUT2D eigenvalue weighted by Gasteiger charge is -2.40. The Morgan fingerprint density at radius 2 is 1.63 bits per heavy atom. The van der Waals surface area contributed by atoms with Crippen LogP contribution in [0, 0.1) is 0 Å². The SMILES string of the molecule is O=C(OC[C@@H]1O[C@H](Oc2ccc(O)cc2COC(=O)[C@@]2(O)[C@H](O)C(=O)C=C[C@@H]2O)[C@@H](O)[C@H](O)[C@H]1O)c1ccccc1. The van der Waals surface area contributed by atoms with Gasteiger partial charge in [0.15, 0.2) is 11.9 Å². The van der Waals surface area contributed by atoms with Crippen molar-refractivity contribution >= 4 is 17.7 Å². The standard InChI is InChI=1S/C27H28O14/c28-15-6-8-17(14(10-15)11-39-26(36)27(37)19(30)9-7-16(29)23(27)34)40-25-22(33)21(32)20(31)18(41-25)12-38-24(35)13-4-2-1-3-5-13/h1-10,18-23,25,28,30-34,37H,11-12H2/t18-,19-,20-,21+,22-,23+,25-,27-/m0/s1. The van der Waals surface area contributed by atoms with Gasteiger partial charge in [-0.1, -0.05) is 18.2 Å². The predicted octanol–water partition coefficient (Wildman–Crippen LogP) is -1.93. The molecule has 14 heteroatoms. The van der Waals surface area contributed by atoms with E-state index in [0.717, 1.165) is 18.2 Å². The van der Waals surface area contributed by atoms with Crippen molar-refractivity contribution < 1.29 is 69.1 Å². The lowest BCUT2D eigenvalue weighted by Crippen LogP contribution is -2.62. The zero-order chi connectivity index (χ0) is 29.9. The molecule has 1 aliphatic carbocycles. The second-order valence-electron chi connectivity index (χ2n) is 9.40. The Kier molecular flexibility index (Phi) is 9.04. The number of aliphatic hydroxyl groups excluding tert-OH is 5. The molecule has 0 aromatic heterocycles. The summed E-state index contributed by atoms with van der Waals surface area (Å²) in [6, 6.07) is 11.4. The summed E-state index contributed by atoms with van der Waals surface area (Å²) in [6.07, 6.45) is -10.9. The molecule has 2 aromatic rings. The van der Waals surface area contributed by atoms with Gasteiger partial charge in [0.2, 0.25) is 11.9 Å². The van der Waals surface area contributed by atoms with Crippen molar-refractivity contribution in [2.75, 3.05) is 6.61 Å². The van der Waals surface area contributed by atoms with E-state index in [1.807, 2.05) is 0 Å². The van der Waals surface area contributed by atoms with Crippen LogP contribution in [-0.4, -0.2) is 109 Å². The first kappa shape index (κ1) is 30.1. The fraction of sp³-hybridized carbons (Fsp3) is 0.370. The molecule has 1 saturated heterocycles. The highest BCUT2D eigenvalue weighted by Gasteiger charge is 2.55. The lowest BCUT2D eigenvalue weighted by atomic mass is 9.83. The molecule has 2 aromatic carbocycles. The molecule has 41 heavy (non-hydrogen) atoms. The van der Waals surface area contributed by atoms with Crippen LogP contribution < -0.4 is 4.74 Å². The Bertz CT molecular complexity index is 1300. The fourth-order valence-corrected chi connectivity index (χ4v) is 4.18. The van der Waals surface area contributed by atoms with Gasteiger partial charge in [0.25, 0.3) is 0 Å². The number of ketones is 1. The number of esters is 2. The van der Waals surface area contributed by atoms with E-state index >= 15 is 0 Å². The Morgan fingerprint density at radius 3 is 2.34 bits per heavy atom. The minimum atomic E-state index is -3.00. The van der Waals surface area contributed by atoms with E-state index < -0.39 is 79.5 Å². The molecule has 0 amide bonds. The molecule has 2 aliphatic rings. The average molecular weight is 577 g/mol. The number of carbonyl (C=O) groups is 3. The third kappa shape index (κ3) is 6.23. The molecule has 14 nitrogen and oxygen atoms in total. The first-order chi connectivity index (χ1) is 19.4. The zero-order valence-electron chi connectivity index (χ0n) is 21.2. The molecule has 1 aliphatic heterocycles. The Morgan fingerprint density at radius 1 is 0.927 bits per heavy atom. The number of hydrogen-bond acceptors (Lipinski definition) is 14. The number of aromatic hydroxyl groups is 1. The molecule has 1 heterocycles. The third-order valence-electron chi connectivity index (χ3n) is 6.61. The maximum atomic E-state index is 12.6. The fourth-order valence-electron chi connectivity index (χ4n) is 4.18. The van der Waals surface area contributed by atoms with Crippen molar-refractivity contribution in [2.45, 2.75) is 55.1 Å². The number of aliphatic hydroxyl groups is 6. The van der Waals surface area contributed by atoms with E-state index in [9.17, 15) is 50.1 Å². The number of carbonyl (C=O) groups excluding carboxylic acids is 3. The molecule has 0 radical (unpaired) electrons. The van der Waals surface area contributed by atoms with E-state index in [2.05, 4.69) is 0 Å². The van der Waals surface area contributed by atoms with E-state index in [1.165, 1.54) is 24.3 Å². The summed E-state index contributed by atoms with van der Waals surface area (Å²) in [6.45, 7) is -1.25. The van der Waals surface area contributed by atoms with Crippen LogP contribution in [0.1, 0.15) is 15.9 Å². The molecule has 7 N–H and O–H groups in total. The van der Waals surface area contributed by atoms with Gasteiger partial charge >= 0.3 is 11.9 Å². The quantitative estimate of drug-likeness (QED) is 0.170. The van der Waals surface area contributed by atoms with Gasteiger partial charge in [-0.2, -0.15) is 0 Å². The first-order valence-electron chi connectivity index (χ1n) is 12.3. The summed E-state index contributed by atoms with van der Waals surface area (Å²) >= 11 is 0. The number of phenols is 1. The molecule has 0 unspecified atom stereocenters. The van der Waals surface area contributed by atoms with Crippen molar-refractivity contribution in [2.24, 2.45) is 0 Å². The topological polar surface area (TPSA) is 230 Å². The summed E-state index contributed by atoms with van der Waals surface area (Å²) in [5.74, 6) is -3.80. The van der Waals surface area contributed by atoms with Crippen molar-refractivity contribution in [3.63, 3.8) is 0 Å². The van der Waals surface area contributed by atoms with Crippen LogP contribution in [0.25, 0.3) is 0 Å². The number of benzene rings is 2. The van der Waals surface area contributed by atoms with Gasteiger partial charge in [0.05, 0.1) is 5.56 Å². The summed E-state index contributed by atoms with van der Waals surface area (Å²) in [5, 5.41) is 71.6. The molecule has 1 fully saturated rings. The average Bonchev–Trinajstić information content (AvgIpc) is 2.97. The third-order valence-corrected chi connectivity index (χ3v) is 6.61. The number of phenolic OH excluding ortho intramolecular Hbond substituents is 1. The van der Waals surface area contributed by atoms with E-state index in [0.29, 0.717) is 0 Å². The molecule has 8 atom stereocenters. The highest BCUT2D eigenvalue weighted by molar-refractivity contribution is 6.01. The number of rotatable bonds is 8. The van der Waals surface area contributed by atoms with Gasteiger partial charge in [0, 0.05) is 5.56 Å². The lowest BCUT2D eigenvalue weighted by molar-refractivity contribution is -0.277. The minimum Gasteiger partial charge on any atom is -0.508 e. The summed E-state index contributed by atoms with van der Waals surface area (Å²) in [5.41, 5.74) is -2.84. The molecule has 0 saturated carbocycles. The van der Waals surface area contributed by atoms with Crippen LogP contribution in [0.4, 0.5) is 0 Å². The van der Waals surface area contributed by atoms with Gasteiger partial charge in [-0.3, -0.25) is 4.79 Å². The van der Waals surface area contributed by atoms with Gasteiger partial charge in [-0.05, 0) is 42.5 Å². The molecular weight excluding hydrogens is 548 g/mol. The van der Waals surface area contributed by atoms with Gasteiger partial charge in [-0.25, -0.2) is 9.59 Å². The van der Waals surface area contributed by atoms with E-state index in [4.69, 9.17) is 18.9 Å². The highest BCUT2D eigenvalue weighted by atomic mass is 16.7. The van der Waals surface area contributed by atoms with Crippen molar-refractivity contribution in [3.8, 4) is 11.5 Å². The van der Waals surface area contributed by atoms with E-state index in [1.54, 1.807) is 18.2 Å². The zero-order valence-corrected chi connectivity index (χ0v) is 21.2. The van der Waals surface area contributed by atoms with Crippen molar-refractivity contribution in [1.29, 1.82) is 0 Å². The van der Waals surface area contributed by atoms with Crippen LogP contribution in [-0.2, 0) is 30.4 Å². The largest absolute Gasteiger partial charge is 0.508 e. The van der Waals surface area contributed by atoms with Crippen LogP contribution >= 0.6 is 0 Å². The Labute approximate surface area is 232 Å². The number of hydrogen-bond donors (Lipinski definition) is 7. The van der Waals surface area contributed by atoms with Gasteiger partial charge < -0.3 is 54.7 Å². The minimum absolute atomic E-state index is 0.0629. The predicted molar refractivity (Wildman–Crippen MR) is 133 cm³/mol. The van der Waals surface area contributed by atoms with Crippen molar-refractivity contribution in [3.05, 3.63) is 71.8 Å². The van der Waals surface area contributed by atoms with Crippen LogP contribution in [0.15, 0.2) is 60.7 Å². The highest BCUT2D eigenvalue weighted by Crippen LogP contribution is 2.31. The first-order valence-corrected chi connectivity index (χ1v) is 12.3. The normalized spacial score (nSPS) is 31.4. The molecule has 4 rings (SSSR count). The van der Waals surface area contributed by atoms with Gasteiger partial charge in [-0.15, -0.1) is 0 Å². The smallest absolute Gasteiger partial charge is 0.344 e. The Hall–Kier alpha value is -3.89.